The highest BCUT2D eigenvalue weighted by Crippen LogP contribution is 2.10. The number of imidazole rings is 1. The van der Waals surface area contributed by atoms with E-state index >= 15 is 0 Å². The number of aromatic nitrogens is 6. The molecule has 84 valence electrons. The molecule has 17 heavy (non-hydrogen) atoms. The lowest BCUT2D eigenvalue weighted by atomic mass is 10.5. The average molecular weight is 230 g/mol. The fraction of sp³-hybridized carbons (Fsp3) is 0. The van der Waals surface area contributed by atoms with E-state index in [9.17, 15) is 4.79 Å². The zero-order valence-electron chi connectivity index (χ0n) is 8.43. The van der Waals surface area contributed by atoms with Gasteiger partial charge in [-0.3, -0.25) is 8.97 Å². The summed E-state index contributed by atoms with van der Waals surface area (Å²) in [5, 5.41) is 16.4. The molecule has 0 spiro atoms. The van der Waals surface area contributed by atoms with Gasteiger partial charge in [0.05, 0.1) is 0 Å². The number of hydrogen-bond acceptors (Lipinski definition) is 5. The van der Waals surface area contributed by atoms with Crippen LogP contribution in [0.3, 0.4) is 0 Å². The Balaban J connectivity index is 2.19. The number of fused-ring (bicyclic) bond motifs is 1. The smallest absolute Gasteiger partial charge is 0.356 e. The Bertz CT molecular complexity index is 700. The third-order valence-corrected chi connectivity index (χ3v) is 2.24. The van der Waals surface area contributed by atoms with Crippen LogP contribution in [0.25, 0.3) is 11.5 Å². The molecule has 0 amide bonds. The summed E-state index contributed by atoms with van der Waals surface area (Å²) >= 11 is 0. The molecule has 0 saturated carbocycles. The highest BCUT2D eigenvalue weighted by molar-refractivity contribution is 5.85. The number of hydrogen-bond donors (Lipinski definition) is 1. The molecule has 0 unspecified atom stereocenters. The minimum atomic E-state index is -1.09. The summed E-state index contributed by atoms with van der Waals surface area (Å²) < 4.78 is 3.18. The Morgan fingerprint density at radius 3 is 2.94 bits per heavy atom. The molecule has 3 heterocycles. The summed E-state index contributed by atoms with van der Waals surface area (Å²) in [6, 6.07) is 0. The van der Waals surface area contributed by atoms with Gasteiger partial charge in [0.15, 0.2) is 11.5 Å². The highest BCUT2D eigenvalue weighted by atomic mass is 16.4. The fourth-order valence-corrected chi connectivity index (χ4v) is 1.48. The zero-order valence-corrected chi connectivity index (χ0v) is 8.43. The van der Waals surface area contributed by atoms with E-state index in [-0.39, 0.29) is 5.69 Å². The summed E-state index contributed by atoms with van der Waals surface area (Å²) in [5.74, 6) is -0.609. The van der Waals surface area contributed by atoms with E-state index in [0.29, 0.717) is 11.5 Å². The van der Waals surface area contributed by atoms with Crippen LogP contribution in [0.4, 0.5) is 0 Å². The minimum Gasteiger partial charge on any atom is -0.476 e. The topological polar surface area (TPSA) is 98.2 Å². The lowest BCUT2D eigenvalue weighted by Gasteiger charge is -2.00. The maximum absolute atomic E-state index is 10.7. The van der Waals surface area contributed by atoms with Crippen molar-refractivity contribution in [1.82, 2.24) is 29.1 Å². The zero-order chi connectivity index (χ0) is 11.8. The van der Waals surface area contributed by atoms with Crippen LogP contribution in [-0.4, -0.2) is 40.2 Å². The highest BCUT2D eigenvalue weighted by Gasteiger charge is 2.11. The minimum absolute atomic E-state index is 0.0479. The maximum atomic E-state index is 10.7. The lowest BCUT2D eigenvalue weighted by molar-refractivity contribution is 0.0691. The number of aromatic carboxylic acids is 1. The Labute approximate surface area is 94.2 Å². The van der Waals surface area contributed by atoms with E-state index in [2.05, 4.69) is 20.2 Å². The lowest BCUT2D eigenvalue weighted by Crippen LogP contribution is -1.99. The third kappa shape index (κ3) is 1.42. The summed E-state index contributed by atoms with van der Waals surface area (Å²) in [6.45, 7) is 0. The Kier molecular flexibility index (Phi) is 1.87. The molecule has 3 aromatic heterocycles. The molecule has 0 aliphatic heterocycles. The van der Waals surface area contributed by atoms with Crippen LogP contribution in [0, 0.1) is 0 Å². The van der Waals surface area contributed by atoms with Crippen molar-refractivity contribution in [3.8, 4) is 5.82 Å². The van der Waals surface area contributed by atoms with Gasteiger partial charge in [-0.05, 0) is 0 Å². The van der Waals surface area contributed by atoms with Gasteiger partial charge in [0.1, 0.15) is 12.7 Å². The first-order chi connectivity index (χ1) is 8.25. The van der Waals surface area contributed by atoms with Crippen LogP contribution in [0.5, 0.6) is 0 Å². The molecule has 0 fully saturated rings. The summed E-state index contributed by atoms with van der Waals surface area (Å²) in [6.07, 6.45) is 7.56. The van der Waals surface area contributed by atoms with E-state index in [1.165, 1.54) is 23.4 Å². The molecule has 0 radical (unpaired) electrons. The van der Waals surface area contributed by atoms with Crippen LogP contribution in [0.15, 0.2) is 31.2 Å². The molecule has 3 rings (SSSR count). The molecule has 0 aromatic carbocycles. The first-order valence-electron chi connectivity index (χ1n) is 4.68. The Morgan fingerprint density at radius 2 is 2.18 bits per heavy atom. The molecule has 0 atom stereocenters. The summed E-state index contributed by atoms with van der Waals surface area (Å²) in [4.78, 5) is 18.6. The van der Waals surface area contributed by atoms with Crippen LogP contribution < -0.4 is 0 Å². The van der Waals surface area contributed by atoms with Gasteiger partial charge < -0.3 is 5.11 Å². The van der Waals surface area contributed by atoms with Crippen molar-refractivity contribution in [2.24, 2.45) is 0 Å². The second-order valence-electron chi connectivity index (χ2n) is 3.28. The summed E-state index contributed by atoms with van der Waals surface area (Å²) in [5.41, 5.74) is 0.482. The number of nitrogens with zero attached hydrogens (tertiary/aromatic N) is 6. The third-order valence-electron chi connectivity index (χ3n) is 2.24. The Hall–Kier alpha value is -2.77. The van der Waals surface area contributed by atoms with Crippen LogP contribution in [-0.2, 0) is 0 Å². The van der Waals surface area contributed by atoms with Gasteiger partial charge >= 0.3 is 5.97 Å². The van der Waals surface area contributed by atoms with Crippen molar-refractivity contribution in [1.29, 1.82) is 0 Å². The molecule has 0 saturated heterocycles. The first kappa shape index (κ1) is 9.46. The normalized spacial score (nSPS) is 10.8. The predicted molar refractivity (Wildman–Crippen MR) is 54.9 cm³/mol. The molecular weight excluding hydrogens is 224 g/mol. The number of rotatable bonds is 2. The molecule has 8 heteroatoms. The monoisotopic (exact) mass is 230 g/mol. The maximum Gasteiger partial charge on any atom is 0.356 e. The van der Waals surface area contributed by atoms with Gasteiger partial charge in [0.25, 0.3) is 0 Å². The van der Waals surface area contributed by atoms with Crippen molar-refractivity contribution in [3.63, 3.8) is 0 Å². The van der Waals surface area contributed by atoms with Gasteiger partial charge in [-0.15, -0.1) is 10.2 Å². The molecular formula is C9H6N6O2. The number of carbonyl (C=O) groups is 1. The molecule has 1 N–H and O–H groups in total. The van der Waals surface area contributed by atoms with Crippen LogP contribution >= 0.6 is 0 Å². The van der Waals surface area contributed by atoms with E-state index in [4.69, 9.17) is 5.11 Å². The first-order valence-corrected chi connectivity index (χ1v) is 4.68. The van der Waals surface area contributed by atoms with E-state index in [1.54, 1.807) is 16.8 Å². The SMILES string of the molecule is O=C(O)c1cn(-c2nccn3cnnc23)cn1. The largest absolute Gasteiger partial charge is 0.476 e. The second-order valence-corrected chi connectivity index (χ2v) is 3.28. The number of carboxylic acid groups (broad SMARTS) is 1. The van der Waals surface area contributed by atoms with Crippen molar-refractivity contribution < 1.29 is 9.90 Å². The van der Waals surface area contributed by atoms with Gasteiger partial charge in [-0.1, -0.05) is 0 Å². The van der Waals surface area contributed by atoms with E-state index < -0.39 is 5.97 Å². The second kappa shape index (κ2) is 3.37. The number of carboxylic acids is 1. The van der Waals surface area contributed by atoms with Crippen molar-refractivity contribution in [2.75, 3.05) is 0 Å². The molecule has 0 aliphatic carbocycles. The Morgan fingerprint density at radius 1 is 1.29 bits per heavy atom. The van der Waals surface area contributed by atoms with Gasteiger partial charge in [-0.2, -0.15) is 0 Å². The van der Waals surface area contributed by atoms with Crippen molar-refractivity contribution in [2.45, 2.75) is 0 Å². The molecule has 8 nitrogen and oxygen atoms in total. The van der Waals surface area contributed by atoms with E-state index in [1.807, 2.05) is 0 Å². The predicted octanol–water partition coefficient (Wildman–Crippen LogP) is 0.00820. The fourth-order valence-electron chi connectivity index (χ4n) is 1.48. The standard InChI is InChI=1S/C9H6N6O2/c16-9(17)6-3-15(4-11-6)7-8-13-12-5-14(8)2-1-10-7/h1-5H,(H,16,17). The quantitative estimate of drug-likeness (QED) is 0.665. The van der Waals surface area contributed by atoms with Gasteiger partial charge in [-0.25, -0.2) is 14.8 Å². The average Bonchev–Trinajstić information content (AvgIpc) is 2.97. The van der Waals surface area contributed by atoms with Gasteiger partial charge in [0, 0.05) is 18.6 Å². The molecule has 0 aliphatic rings. The molecule has 3 aromatic rings. The summed E-state index contributed by atoms with van der Waals surface area (Å²) in [7, 11) is 0. The van der Waals surface area contributed by atoms with Crippen molar-refractivity contribution >= 4 is 11.6 Å². The van der Waals surface area contributed by atoms with Crippen LogP contribution in [0.2, 0.25) is 0 Å². The van der Waals surface area contributed by atoms with Crippen molar-refractivity contribution in [3.05, 3.63) is 36.9 Å². The van der Waals surface area contributed by atoms with Crippen LogP contribution in [0.1, 0.15) is 10.5 Å². The molecule has 0 bridgehead atoms. The van der Waals surface area contributed by atoms with E-state index in [0.717, 1.165) is 0 Å². The van der Waals surface area contributed by atoms with Gasteiger partial charge in [0.2, 0.25) is 5.65 Å².